The molecule has 1 aliphatic heterocycles. The summed E-state index contributed by atoms with van der Waals surface area (Å²) in [5.41, 5.74) is 12.0. The summed E-state index contributed by atoms with van der Waals surface area (Å²) in [7, 11) is 0. The van der Waals surface area contributed by atoms with Gasteiger partial charge in [0.2, 0.25) is 11.7 Å². The van der Waals surface area contributed by atoms with Gasteiger partial charge in [0.25, 0.3) is 5.91 Å². The topological polar surface area (TPSA) is 172 Å². The highest BCUT2D eigenvalue weighted by Gasteiger charge is 2.29. The summed E-state index contributed by atoms with van der Waals surface area (Å²) in [5.74, 6) is 0.180. The number of aliphatic imine (C=N–C) groups is 1. The van der Waals surface area contributed by atoms with Gasteiger partial charge in [0.05, 0.1) is 18.5 Å². The van der Waals surface area contributed by atoms with Crippen molar-refractivity contribution >= 4 is 17.6 Å². The largest absolute Gasteiger partial charge is 0.402 e. The van der Waals surface area contributed by atoms with E-state index in [2.05, 4.69) is 31.8 Å². The summed E-state index contributed by atoms with van der Waals surface area (Å²) in [6.07, 6.45) is 0.890. The summed E-state index contributed by atoms with van der Waals surface area (Å²) in [5, 5.41) is 29.8. The minimum Gasteiger partial charge on any atom is -0.402 e. The van der Waals surface area contributed by atoms with Crippen molar-refractivity contribution < 1.29 is 24.8 Å². The molecule has 4 aromatic rings. The lowest BCUT2D eigenvalue weighted by Crippen LogP contribution is -2.42. The number of hydrogen-bond acceptors (Lipinski definition) is 11. The zero-order chi connectivity index (χ0) is 32.1. The Morgan fingerprint density at radius 3 is 2.40 bits per heavy atom. The van der Waals surface area contributed by atoms with Crippen molar-refractivity contribution in [2.45, 2.75) is 39.8 Å². The molecule has 0 radical (unpaired) electrons. The molecule has 1 aliphatic rings. The number of rotatable bonds is 9. The van der Waals surface area contributed by atoms with Crippen LogP contribution in [0.5, 0.6) is 0 Å². The third-order valence-corrected chi connectivity index (χ3v) is 7.14. The second-order valence-corrected chi connectivity index (χ2v) is 10.4. The highest BCUT2D eigenvalue weighted by atomic mass is 17.1. The van der Waals surface area contributed by atoms with Crippen LogP contribution in [0.1, 0.15) is 48.2 Å². The van der Waals surface area contributed by atoms with Crippen molar-refractivity contribution in [3.8, 4) is 22.5 Å². The molecule has 1 aromatic heterocycles. The van der Waals surface area contributed by atoms with E-state index in [9.17, 15) is 9.59 Å². The van der Waals surface area contributed by atoms with Crippen molar-refractivity contribution in [3.05, 3.63) is 113 Å². The maximum atomic E-state index is 13.2. The Balaban J connectivity index is 1.39. The third kappa shape index (κ3) is 7.08. The lowest BCUT2D eigenvalue weighted by atomic mass is 9.97. The Labute approximate surface area is 259 Å². The summed E-state index contributed by atoms with van der Waals surface area (Å²) < 4.78 is 0. The number of amides is 1. The third-order valence-electron chi connectivity index (χ3n) is 7.14. The molecule has 4 N–H and O–H groups in total. The smallest absolute Gasteiger partial charge is 0.297 e. The van der Waals surface area contributed by atoms with Crippen LogP contribution in [0.15, 0.2) is 101 Å². The monoisotopic (exact) mass is 608 g/mol. The van der Waals surface area contributed by atoms with Gasteiger partial charge in [0.15, 0.2) is 0 Å². The lowest BCUT2D eigenvalue weighted by molar-refractivity contribution is -0.497. The zero-order valence-corrected chi connectivity index (χ0v) is 24.8. The number of benzene rings is 3. The number of piperidine rings is 1. The fraction of sp³-hybridized carbons (Fsp3) is 0.188. The SMILES string of the molecule is C=C(C)/N=C1\C(=C(\C)N)CCC(=O)N1Cc1ccc(-c2ccccc2-c2nnn(C(=O)c3ccccc3CON(O)O)n2)cc1. The number of aromatic nitrogens is 4. The summed E-state index contributed by atoms with van der Waals surface area (Å²) in [4.78, 5) is 37.9. The van der Waals surface area contributed by atoms with E-state index in [0.717, 1.165) is 27.1 Å². The van der Waals surface area contributed by atoms with E-state index in [1.807, 2.05) is 55.5 Å². The van der Waals surface area contributed by atoms with E-state index in [1.54, 1.807) is 36.1 Å². The minimum absolute atomic E-state index is 0.0305. The predicted octanol–water partition coefficient (Wildman–Crippen LogP) is 4.49. The van der Waals surface area contributed by atoms with Crippen molar-refractivity contribution in [2.75, 3.05) is 0 Å². The number of nitrogens with zero attached hydrogens (tertiary/aromatic N) is 7. The van der Waals surface area contributed by atoms with Gasteiger partial charge in [0, 0.05) is 34.5 Å². The summed E-state index contributed by atoms with van der Waals surface area (Å²) >= 11 is 0. The van der Waals surface area contributed by atoms with E-state index < -0.39 is 11.3 Å². The molecule has 13 nitrogen and oxygen atoms in total. The molecule has 0 atom stereocenters. The molecule has 230 valence electrons. The molecule has 1 amide bonds. The van der Waals surface area contributed by atoms with Gasteiger partial charge in [0.1, 0.15) is 5.84 Å². The summed E-state index contributed by atoms with van der Waals surface area (Å²) in [6, 6.07) is 21.8. The van der Waals surface area contributed by atoms with E-state index in [-0.39, 0.29) is 23.9 Å². The molecule has 45 heavy (non-hydrogen) atoms. The van der Waals surface area contributed by atoms with Crippen LogP contribution in [0.3, 0.4) is 0 Å². The number of allylic oxidation sites excluding steroid dienone is 2. The first-order valence-corrected chi connectivity index (χ1v) is 14.0. The second kappa shape index (κ2) is 13.5. The van der Waals surface area contributed by atoms with Crippen LogP contribution in [0.25, 0.3) is 22.5 Å². The van der Waals surface area contributed by atoms with Crippen molar-refractivity contribution in [3.63, 3.8) is 0 Å². The molecule has 0 bridgehead atoms. The molecule has 5 rings (SSSR count). The summed E-state index contributed by atoms with van der Waals surface area (Å²) in [6.45, 7) is 7.53. The van der Waals surface area contributed by atoms with Crippen LogP contribution in [0.4, 0.5) is 0 Å². The number of carbonyl (C=O) groups is 2. The normalized spacial score (nSPS) is 15.5. The highest BCUT2D eigenvalue weighted by Crippen LogP contribution is 2.31. The average Bonchev–Trinajstić information content (AvgIpc) is 3.52. The van der Waals surface area contributed by atoms with E-state index in [0.29, 0.717) is 47.7 Å². The van der Waals surface area contributed by atoms with Crippen LogP contribution < -0.4 is 5.73 Å². The maximum Gasteiger partial charge on any atom is 0.297 e. The Kier molecular flexibility index (Phi) is 9.35. The van der Waals surface area contributed by atoms with Crippen LogP contribution in [-0.4, -0.2) is 58.6 Å². The number of tetrazole rings is 1. The number of nitrogens with two attached hydrogens (primary N) is 1. The second-order valence-electron chi connectivity index (χ2n) is 10.4. The van der Waals surface area contributed by atoms with Crippen LogP contribution in [0, 0.1) is 0 Å². The van der Waals surface area contributed by atoms with E-state index in [4.69, 9.17) is 16.1 Å². The number of amidine groups is 1. The van der Waals surface area contributed by atoms with Gasteiger partial charge in [-0.2, -0.15) is 0 Å². The van der Waals surface area contributed by atoms with Crippen LogP contribution >= 0.6 is 0 Å². The van der Waals surface area contributed by atoms with Gasteiger partial charge >= 0.3 is 0 Å². The minimum atomic E-state index is -0.568. The van der Waals surface area contributed by atoms with Gasteiger partial charge in [-0.05, 0) is 53.8 Å². The first-order chi connectivity index (χ1) is 21.6. The number of likely N-dealkylation sites (tertiary alicyclic amines) is 1. The molecule has 0 spiro atoms. The average molecular weight is 609 g/mol. The molecule has 3 aromatic carbocycles. The van der Waals surface area contributed by atoms with Crippen molar-refractivity contribution in [1.29, 1.82) is 0 Å². The van der Waals surface area contributed by atoms with Crippen LogP contribution in [0.2, 0.25) is 0 Å². The Hall–Kier alpha value is -5.34. The molecule has 1 saturated heterocycles. The molecular weight excluding hydrogens is 576 g/mol. The standard InChI is InChI=1S/C32H32N8O5/c1-20(2)34-31-25(21(3)33)16-17-29(41)38(31)18-22-12-14-23(15-13-22)26-9-6-7-11-28(26)30-35-37-39(36-30)32(42)27-10-5-4-8-24(27)19-45-40(43)44/h4-15,43-44H,1,16-19,33H2,2-3H3/b25-21-,34-31+. The van der Waals surface area contributed by atoms with E-state index in [1.165, 1.54) is 0 Å². The molecule has 1 fully saturated rings. The highest BCUT2D eigenvalue weighted by molar-refractivity contribution is 6.11. The Morgan fingerprint density at radius 2 is 1.71 bits per heavy atom. The lowest BCUT2D eigenvalue weighted by Gasteiger charge is -2.31. The Morgan fingerprint density at radius 1 is 1.02 bits per heavy atom. The first kappa shape index (κ1) is 31.1. The maximum absolute atomic E-state index is 13.2. The molecule has 13 heteroatoms. The zero-order valence-electron chi connectivity index (χ0n) is 24.8. The van der Waals surface area contributed by atoms with E-state index >= 15 is 0 Å². The van der Waals surface area contributed by atoms with Crippen molar-refractivity contribution in [1.82, 2.24) is 30.5 Å². The molecule has 0 unspecified atom stereocenters. The van der Waals surface area contributed by atoms with Gasteiger partial charge in [-0.15, -0.1) is 10.2 Å². The molecule has 0 aliphatic carbocycles. The van der Waals surface area contributed by atoms with Gasteiger partial charge in [-0.25, -0.2) is 9.83 Å². The van der Waals surface area contributed by atoms with Crippen molar-refractivity contribution in [2.24, 2.45) is 10.7 Å². The molecule has 0 saturated carbocycles. The number of carbonyl (C=O) groups excluding carboxylic acids is 2. The first-order valence-electron chi connectivity index (χ1n) is 14.0. The predicted molar refractivity (Wildman–Crippen MR) is 164 cm³/mol. The van der Waals surface area contributed by atoms with Gasteiger partial charge in [-0.1, -0.05) is 78.1 Å². The fourth-order valence-corrected chi connectivity index (χ4v) is 5.01. The van der Waals surface area contributed by atoms with Crippen LogP contribution in [-0.2, 0) is 22.8 Å². The molecular formula is C32H32N8O5. The fourth-order valence-electron chi connectivity index (χ4n) is 5.01. The number of hydrogen-bond donors (Lipinski definition) is 3. The molecule has 2 heterocycles. The van der Waals surface area contributed by atoms with Gasteiger partial charge < -0.3 is 5.73 Å². The van der Waals surface area contributed by atoms with Gasteiger partial charge in [-0.3, -0.25) is 24.9 Å². The Bertz CT molecular complexity index is 1810. The quantitative estimate of drug-likeness (QED) is 0.230.